The molecule has 0 radical (unpaired) electrons. The molecule has 1 aromatic rings. The van der Waals surface area contributed by atoms with Gasteiger partial charge in [-0.2, -0.15) is 8.78 Å². The van der Waals surface area contributed by atoms with Crippen LogP contribution in [0.25, 0.3) is 0 Å². The summed E-state index contributed by atoms with van der Waals surface area (Å²) in [5, 5.41) is 2.26. The SMILES string of the molecule is Cc1cc(C)c(C2=NCCNC(C(F)(F)C(F)F)=C2)c(=O)[nH]1. The molecule has 22 heavy (non-hydrogen) atoms. The summed E-state index contributed by atoms with van der Waals surface area (Å²) >= 11 is 0. The molecule has 2 rings (SSSR count). The number of aryl methyl sites for hydroxylation is 2. The van der Waals surface area contributed by atoms with Crippen molar-refractivity contribution >= 4 is 5.71 Å². The van der Waals surface area contributed by atoms with Gasteiger partial charge in [-0.15, -0.1) is 0 Å². The van der Waals surface area contributed by atoms with E-state index in [2.05, 4.69) is 15.3 Å². The third-order valence-electron chi connectivity index (χ3n) is 3.24. The van der Waals surface area contributed by atoms with Crippen LogP contribution < -0.4 is 10.9 Å². The molecule has 0 atom stereocenters. The van der Waals surface area contributed by atoms with Crippen LogP contribution in [0, 0.1) is 13.8 Å². The van der Waals surface area contributed by atoms with E-state index < -0.39 is 23.6 Å². The number of allylic oxidation sites excluding steroid dienone is 2. The number of H-pyrrole nitrogens is 1. The smallest absolute Gasteiger partial charge is 0.346 e. The van der Waals surface area contributed by atoms with Gasteiger partial charge < -0.3 is 10.3 Å². The van der Waals surface area contributed by atoms with Crippen molar-refractivity contribution < 1.29 is 17.6 Å². The molecule has 0 aliphatic carbocycles. The average Bonchev–Trinajstić information content (AvgIpc) is 2.63. The topological polar surface area (TPSA) is 57.2 Å². The van der Waals surface area contributed by atoms with Gasteiger partial charge in [-0.3, -0.25) is 9.79 Å². The first-order valence-corrected chi connectivity index (χ1v) is 6.61. The summed E-state index contributed by atoms with van der Waals surface area (Å²) in [5.41, 5.74) is -0.193. The normalized spacial score (nSPS) is 16.0. The van der Waals surface area contributed by atoms with Crippen molar-refractivity contribution in [3.8, 4) is 0 Å². The first-order chi connectivity index (χ1) is 10.2. The molecule has 0 amide bonds. The molecule has 1 aliphatic heterocycles. The number of alkyl halides is 4. The largest absolute Gasteiger partial charge is 0.381 e. The second-order valence-corrected chi connectivity index (χ2v) is 5.01. The van der Waals surface area contributed by atoms with Crippen LogP contribution in [0.1, 0.15) is 16.8 Å². The molecule has 1 aromatic heterocycles. The van der Waals surface area contributed by atoms with Gasteiger partial charge in [-0.25, -0.2) is 8.78 Å². The third-order valence-corrected chi connectivity index (χ3v) is 3.24. The molecule has 0 saturated carbocycles. The third kappa shape index (κ3) is 3.05. The Kier molecular flexibility index (Phi) is 4.39. The Bertz CT molecular complexity index is 692. The lowest BCUT2D eigenvalue weighted by Crippen LogP contribution is -2.37. The summed E-state index contributed by atoms with van der Waals surface area (Å²) in [6.07, 6.45) is -3.02. The van der Waals surface area contributed by atoms with Crippen LogP contribution in [-0.2, 0) is 0 Å². The number of aliphatic imine (C=N–C) groups is 1. The Morgan fingerprint density at radius 1 is 1.32 bits per heavy atom. The summed E-state index contributed by atoms with van der Waals surface area (Å²) < 4.78 is 52.2. The van der Waals surface area contributed by atoms with Crippen molar-refractivity contribution in [1.82, 2.24) is 10.3 Å². The number of halogens is 4. The number of rotatable bonds is 3. The molecule has 2 heterocycles. The Labute approximate surface area is 124 Å². The lowest BCUT2D eigenvalue weighted by Gasteiger charge is -2.19. The summed E-state index contributed by atoms with van der Waals surface area (Å²) in [7, 11) is 0. The zero-order chi connectivity index (χ0) is 16.5. The second-order valence-electron chi connectivity index (χ2n) is 5.01. The standard InChI is InChI=1S/C14H15F4N3O/c1-7-5-8(2)21-12(22)11(7)9-6-10(20-4-3-19-9)14(17,18)13(15)16/h5-6,13,20H,3-4H2,1-2H3,(H,21,22). The number of aromatic nitrogens is 1. The van der Waals surface area contributed by atoms with Crippen LogP contribution in [0.3, 0.4) is 0 Å². The van der Waals surface area contributed by atoms with Gasteiger partial charge in [-0.1, -0.05) is 0 Å². The minimum atomic E-state index is -4.32. The predicted octanol–water partition coefficient (Wildman–Crippen LogP) is 2.17. The van der Waals surface area contributed by atoms with Crippen LogP contribution in [0.5, 0.6) is 0 Å². The molecule has 0 unspecified atom stereocenters. The van der Waals surface area contributed by atoms with E-state index in [0.717, 1.165) is 6.08 Å². The van der Waals surface area contributed by atoms with E-state index in [1.165, 1.54) is 0 Å². The highest BCUT2D eigenvalue weighted by molar-refractivity contribution is 6.10. The molecule has 2 N–H and O–H groups in total. The van der Waals surface area contributed by atoms with Crippen molar-refractivity contribution in [3.63, 3.8) is 0 Å². The summed E-state index contributed by atoms with van der Waals surface area (Å²) in [5.74, 6) is -4.32. The minimum absolute atomic E-state index is 0.0134. The molecule has 4 nitrogen and oxygen atoms in total. The van der Waals surface area contributed by atoms with Gasteiger partial charge in [0.25, 0.3) is 5.56 Å². The van der Waals surface area contributed by atoms with Crippen molar-refractivity contribution in [3.05, 3.63) is 45.0 Å². The van der Waals surface area contributed by atoms with E-state index in [1.807, 2.05) is 0 Å². The van der Waals surface area contributed by atoms with Crippen LogP contribution in [0.15, 0.2) is 27.6 Å². The first-order valence-electron chi connectivity index (χ1n) is 6.61. The van der Waals surface area contributed by atoms with Crippen LogP contribution in [-0.4, -0.2) is 36.1 Å². The van der Waals surface area contributed by atoms with E-state index >= 15 is 0 Å². The highest BCUT2D eigenvalue weighted by Crippen LogP contribution is 2.30. The lowest BCUT2D eigenvalue weighted by molar-refractivity contribution is -0.103. The second kappa shape index (κ2) is 5.94. The van der Waals surface area contributed by atoms with Crippen LogP contribution in [0.4, 0.5) is 17.6 Å². The Morgan fingerprint density at radius 3 is 2.59 bits per heavy atom. The van der Waals surface area contributed by atoms with Crippen LogP contribution in [0.2, 0.25) is 0 Å². The summed E-state index contributed by atoms with van der Waals surface area (Å²) in [6, 6.07) is 1.66. The predicted molar refractivity (Wildman–Crippen MR) is 75.0 cm³/mol. The van der Waals surface area contributed by atoms with Crippen molar-refractivity contribution in [2.75, 3.05) is 13.1 Å². The Balaban J connectivity index is 2.55. The molecule has 120 valence electrons. The minimum Gasteiger partial charge on any atom is -0.381 e. The van der Waals surface area contributed by atoms with Gasteiger partial charge in [0.2, 0.25) is 0 Å². The van der Waals surface area contributed by atoms with Gasteiger partial charge in [-0.05, 0) is 31.6 Å². The van der Waals surface area contributed by atoms with E-state index in [1.54, 1.807) is 19.9 Å². The molecular weight excluding hydrogens is 302 g/mol. The van der Waals surface area contributed by atoms with E-state index in [-0.39, 0.29) is 24.4 Å². The highest BCUT2D eigenvalue weighted by Gasteiger charge is 2.45. The average molecular weight is 317 g/mol. The summed E-state index contributed by atoms with van der Waals surface area (Å²) in [6.45, 7) is 3.40. The number of hydrogen-bond donors (Lipinski definition) is 2. The zero-order valence-corrected chi connectivity index (χ0v) is 12.0. The van der Waals surface area contributed by atoms with Crippen LogP contribution >= 0.6 is 0 Å². The number of aromatic amines is 1. The molecule has 0 bridgehead atoms. The Morgan fingerprint density at radius 2 is 2.00 bits per heavy atom. The number of nitrogens with zero attached hydrogens (tertiary/aromatic N) is 1. The maximum atomic E-state index is 13.5. The Hall–Kier alpha value is -2.12. The number of hydrogen-bond acceptors (Lipinski definition) is 3. The lowest BCUT2D eigenvalue weighted by atomic mass is 10.0. The molecular formula is C14H15F4N3O. The molecule has 0 fully saturated rings. The zero-order valence-electron chi connectivity index (χ0n) is 12.0. The van der Waals surface area contributed by atoms with Crippen molar-refractivity contribution in [2.45, 2.75) is 26.2 Å². The molecule has 0 spiro atoms. The van der Waals surface area contributed by atoms with Gasteiger partial charge in [0.1, 0.15) is 0 Å². The molecule has 0 saturated heterocycles. The number of pyridine rings is 1. The van der Waals surface area contributed by atoms with Crippen molar-refractivity contribution in [2.24, 2.45) is 4.99 Å². The fraction of sp³-hybridized carbons (Fsp3) is 0.429. The van der Waals surface area contributed by atoms with E-state index in [4.69, 9.17) is 0 Å². The van der Waals surface area contributed by atoms with Gasteiger partial charge >= 0.3 is 12.3 Å². The van der Waals surface area contributed by atoms with E-state index in [0.29, 0.717) is 11.3 Å². The van der Waals surface area contributed by atoms with E-state index in [9.17, 15) is 22.4 Å². The van der Waals surface area contributed by atoms with Crippen molar-refractivity contribution in [1.29, 1.82) is 0 Å². The van der Waals surface area contributed by atoms with Gasteiger partial charge in [0, 0.05) is 12.2 Å². The first kappa shape index (κ1) is 16.3. The molecule has 1 aliphatic rings. The highest BCUT2D eigenvalue weighted by atomic mass is 19.3. The molecule has 0 aromatic carbocycles. The maximum absolute atomic E-state index is 13.5. The summed E-state index contributed by atoms with van der Waals surface area (Å²) in [4.78, 5) is 18.6. The fourth-order valence-electron chi connectivity index (χ4n) is 2.26. The number of nitrogens with one attached hydrogen (secondary N) is 2. The van der Waals surface area contributed by atoms with Gasteiger partial charge in [0.05, 0.1) is 23.5 Å². The van der Waals surface area contributed by atoms with Gasteiger partial charge in [0.15, 0.2) is 0 Å². The fourth-order valence-corrected chi connectivity index (χ4v) is 2.26. The monoisotopic (exact) mass is 317 g/mol. The molecule has 8 heteroatoms. The maximum Gasteiger partial charge on any atom is 0.346 e. The quantitative estimate of drug-likeness (QED) is 0.840.